The number of halogens is 2. The molecule has 0 saturated heterocycles. The first-order chi connectivity index (χ1) is 13.3. The molecule has 0 aliphatic rings. The van der Waals surface area contributed by atoms with Crippen LogP contribution in [-0.2, 0) is 9.59 Å². The van der Waals surface area contributed by atoms with Gasteiger partial charge in [-0.3, -0.25) is 9.59 Å². The van der Waals surface area contributed by atoms with Crippen molar-refractivity contribution in [3.63, 3.8) is 0 Å². The van der Waals surface area contributed by atoms with Crippen LogP contribution in [0.3, 0.4) is 0 Å². The summed E-state index contributed by atoms with van der Waals surface area (Å²) < 4.78 is 12.4. The molecule has 2 aromatic carbocycles. The standard InChI is InChI=1S/C20H16I2N2O4/c1-3-27-18-9-13(8-17(22)19(18)28-12(2)25)7-14(11-23)20(26)24-16-6-4-5-15(21)10-16/h4-10H,3H2,1-2H3,(H,24,26)/b14-7+. The van der Waals surface area contributed by atoms with Gasteiger partial charge in [0.25, 0.3) is 5.91 Å². The SMILES string of the molecule is CCOc1cc(/C=C(\C#N)C(=O)Nc2cccc(I)c2)cc(I)c1OC(C)=O. The zero-order chi connectivity index (χ0) is 20.7. The smallest absolute Gasteiger partial charge is 0.308 e. The van der Waals surface area contributed by atoms with Gasteiger partial charge >= 0.3 is 5.97 Å². The van der Waals surface area contributed by atoms with Gasteiger partial charge in [-0.15, -0.1) is 0 Å². The molecule has 0 unspecified atom stereocenters. The summed E-state index contributed by atoms with van der Waals surface area (Å²) in [6.07, 6.45) is 1.46. The number of amides is 1. The van der Waals surface area contributed by atoms with Crippen molar-refractivity contribution in [2.45, 2.75) is 13.8 Å². The molecule has 6 nitrogen and oxygen atoms in total. The summed E-state index contributed by atoms with van der Waals surface area (Å²) in [4.78, 5) is 23.8. The van der Waals surface area contributed by atoms with Gasteiger partial charge in [-0.25, -0.2) is 0 Å². The van der Waals surface area contributed by atoms with Crippen molar-refractivity contribution in [3.05, 3.63) is 54.7 Å². The molecule has 0 spiro atoms. The Morgan fingerprint density at radius 1 is 1.25 bits per heavy atom. The second-order valence-corrected chi connectivity index (χ2v) is 7.90. The first-order valence-electron chi connectivity index (χ1n) is 8.17. The number of carbonyl (C=O) groups is 2. The lowest BCUT2D eigenvalue weighted by atomic mass is 10.1. The number of anilines is 1. The average Bonchev–Trinajstić information content (AvgIpc) is 2.62. The van der Waals surface area contributed by atoms with Crippen LogP contribution in [0.15, 0.2) is 42.0 Å². The van der Waals surface area contributed by atoms with Gasteiger partial charge < -0.3 is 14.8 Å². The average molecular weight is 602 g/mol. The molecule has 144 valence electrons. The molecule has 1 amide bonds. The van der Waals surface area contributed by atoms with Gasteiger partial charge in [0.15, 0.2) is 11.5 Å². The highest BCUT2D eigenvalue weighted by Gasteiger charge is 2.15. The number of nitrogens with zero attached hydrogens (tertiary/aromatic N) is 1. The number of esters is 1. The maximum Gasteiger partial charge on any atom is 0.308 e. The molecule has 28 heavy (non-hydrogen) atoms. The van der Waals surface area contributed by atoms with E-state index in [1.807, 2.05) is 47.7 Å². The number of hydrogen-bond acceptors (Lipinski definition) is 5. The van der Waals surface area contributed by atoms with Crippen LogP contribution in [0.1, 0.15) is 19.4 Å². The number of ether oxygens (including phenoxy) is 2. The van der Waals surface area contributed by atoms with E-state index in [2.05, 4.69) is 27.9 Å². The van der Waals surface area contributed by atoms with Crippen molar-refractivity contribution in [1.29, 1.82) is 5.26 Å². The lowest BCUT2D eigenvalue weighted by Gasteiger charge is -2.13. The second-order valence-electron chi connectivity index (χ2n) is 5.49. The fourth-order valence-electron chi connectivity index (χ4n) is 2.26. The molecule has 0 aliphatic heterocycles. The van der Waals surface area contributed by atoms with E-state index in [1.165, 1.54) is 13.0 Å². The minimum absolute atomic E-state index is 0.0580. The Hall–Kier alpha value is -2.13. The van der Waals surface area contributed by atoms with Crippen LogP contribution in [0.2, 0.25) is 0 Å². The van der Waals surface area contributed by atoms with Gasteiger partial charge in [0, 0.05) is 16.2 Å². The second kappa shape index (κ2) is 10.4. The van der Waals surface area contributed by atoms with Crippen molar-refractivity contribution < 1.29 is 19.1 Å². The van der Waals surface area contributed by atoms with Crippen LogP contribution in [0.25, 0.3) is 6.08 Å². The van der Waals surface area contributed by atoms with Crippen molar-refractivity contribution >= 4 is 68.8 Å². The number of benzene rings is 2. The largest absolute Gasteiger partial charge is 0.490 e. The van der Waals surface area contributed by atoms with Gasteiger partial charge in [-0.05, 0) is 94.1 Å². The lowest BCUT2D eigenvalue weighted by molar-refractivity contribution is -0.132. The number of carbonyl (C=O) groups excluding carboxylic acids is 2. The Balaban J connectivity index is 2.36. The molecule has 0 fully saturated rings. The van der Waals surface area contributed by atoms with Crippen molar-refractivity contribution in [3.8, 4) is 17.6 Å². The van der Waals surface area contributed by atoms with Crippen LogP contribution in [0, 0.1) is 18.5 Å². The van der Waals surface area contributed by atoms with Gasteiger partial charge in [0.1, 0.15) is 11.6 Å². The molecule has 2 rings (SSSR count). The van der Waals surface area contributed by atoms with Crippen molar-refractivity contribution in [2.75, 3.05) is 11.9 Å². The number of hydrogen-bond donors (Lipinski definition) is 1. The Bertz CT molecular complexity index is 981. The van der Waals surface area contributed by atoms with Gasteiger partial charge in [0.05, 0.1) is 10.2 Å². The molecule has 0 heterocycles. The van der Waals surface area contributed by atoms with E-state index in [9.17, 15) is 14.9 Å². The van der Waals surface area contributed by atoms with Crippen LogP contribution in [0.4, 0.5) is 5.69 Å². The van der Waals surface area contributed by atoms with E-state index in [4.69, 9.17) is 9.47 Å². The van der Waals surface area contributed by atoms with E-state index in [-0.39, 0.29) is 5.57 Å². The zero-order valence-corrected chi connectivity index (χ0v) is 19.4. The van der Waals surface area contributed by atoms with Crippen molar-refractivity contribution in [2.24, 2.45) is 0 Å². The summed E-state index contributed by atoms with van der Waals surface area (Å²) in [7, 11) is 0. The highest BCUT2D eigenvalue weighted by molar-refractivity contribution is 14.1. The highest BCUT2D eigenvalue weighted by Crippen LogP contribution is 2.35. The maximum atomic E-state index is 12.5. The molecule has 0 aromatic heterocycles. The summed E-state index contributed by atoms with van der Waals surface area (Å²) in [6, 6.07) is 12.5. The zero-order valence-electron chi connectivity index (χ0n) is 15.1. The molecular formula is C20H16I2N2O4. The number of nitrogens with one attached hydrogen (secondary N) is 1. The predicted octanol–water partition coefficient (Wildman–Crippen LogP) is 4.77. The third-order valence-electron chi connectivity index (χ3n) is 3.34. The molecule has 1 N–H and O–H groups in total. The predicted molar refractivity (Wildman–Crippen MR) is 123 cm³/mol. The lowest BCUT2D eigenvalue weighted by Crippen LogP contribution is -2.13. The molecule has 2 aromatic rings. The normalized spacial score (nSPS) is 10.8. The van der Waals surface area contributed by atoms with Crippen LogP contribution in [0.5, 0.6) is 11.5 Å². The highest BCUT2D eigenvalue weighted by atomic mass is 127. The van der Waals surface area contributed by atoms with E-state index in [0.717, 1.165) is 3.57 Å². The minimum Gasteiger partial charge on any atom is -0.490 e. The Morgan fingerprint density at radius 2 is 2.00 bits per heavy atom. The summed E-state index contributed by atoms with van der Waals surface area (Å²) in [5.74, 6) is -0.293. The Kier molecular flexibility index (Phi) is 8.25. The minimum atomic E-state index is -0.512. The molecule has 0 saturated carbocycles. The van der Waals surface area contributed by atoms with Crippen molar-refractivity contribution in [1.82, 2.24) is 0 Å². The molecule has 0 atom stereocenters. The van der Waals surface area contributed by atoms with Gasteiger partial charge in [0.2, 0.25) is 0 Å². The fraction of sp³-hybridized carbons (Fsp3) is 0.150. The van der Waals surface area contributed by atoms with Gasteiger partial charge in [-0.2, -0.15) is 5.26 Å². The van der Waals surface area contributed by atoms with Crippen LogP contribution >= 0.6 is 45.2 Å². The summed E-state index contributed by atoms with van der Waals surface area (Å²) >= 11 is 4.15. The quantitative estimate of drug-likeness (QED) is 0.170. The van der Waals surface area contributed by atoms with E-state index >= 15 is 0 Å². The van der Waals surface area contributed by atoms with E-state index < -0.39 is 11.9 Å². The Labute approximate surface area is 190 Å². The monoisotopic (exact) mass is 602 g/mol. The number of nitriles is 1. The van der Waals surface area contributed by atoms with Crippen LogP contribution in [-0.4, -0.2) is 18.5 Å². The number of rotatable bonds is 6. The fourth-order valence-corrected chi connectivity index (χ4v) is 3.54. The van der Waals surface area contributed by atoms with Crippen LogP contribution < -0.4 is 14.8 Å². The van der Waals surface area contributed by atoms with E-state index in [1.54, 1.807) is 24.3 Å². The van der Waals surface area contributed by atoms with Gasteiger partial charge in [-0.1, -0.05) is 6.07 Å². The van der Waals surface area contributed by atoms with E-state index in [0.29, 0.717) is 32.9 Å². The molecule has 8 heteroatoms. The first kappa shape index (κ1) is 22.2. The summed E-state index contributed by atoms with van der Waals surface area (Å²) in [5.41, 5.74) is 1.13. The molecule has 0 radical (unpaired) electrons. The third-order valence-corrected chi connectivity index (χ3v) is 4.81. The topological polar surface area (TPSA) is 88.4 Å². The first-order valence-corrected chi connectivity index (χ1v) is 10.3. The molecule has 0 bridgehead atoms. The summed E-state index contributed by atoms with van der Waals surface area (Å²) in [6.45, 7) is 3.49. The Morgan fingerprint density at radius 3 is 2.61 bits per heavy atom. The third kappa shape index (κ3) is 6.20. The molecular weight excluding hydrogens is 586 g/mol. The molecule has 0 aliphatic carbocycles. The summed E-state index contributed by atoms with van der Waals surface area (Å²) in [5, 5.41) is 12.1. The maximum absolute atomic E-state index is 12.5.